The van der Waals surface area contributed by atoms with E-state index in [-0.39, 0.29) is 6.10 Å². The standard InChI is InChI=1S/C5H11NO/c1-2-4-5(7)3-6-4/h4-7H,2-3H2,1H3/t4-,5-/m0/s1. The summed E-state index contributed by atoms with van der Waals surface area (Å²) in [7, 11) is 0. The molecule has 0 spiro atoms. The van der Waals surface area contributed by atoms with E-state index in [1.807, 2.05) is 0 Å². The van der Waals surface area contributed by atoms with Gasteiger partial charge in [0.2, 0.25) is 0 Å². The third-order valence-corrected chi connectivity index (χ3v) is 1.49. The summed E-state index contributed by atoms with van der Waals surface area (Å²) < 4.78 is 0. The van der Waals surface area contributed by atoms with Crippen LogP contribution in [0.2, 0.25) is 0 Å². The van der Waals surface area contributed by atoms with Crippen LogP contribution < -0.4 is 5.32 Å². The topological polar surface area (TPSA) is 32.3 Å². The highest BCUT2D eigenvalue weighted by Gasteiger charge is 2.25. The van der Waals surface area contributed by atoms with Crippen LogP contribution in [0.4, 0.5) is 0 Å². The lowest BCUT2D eigenvalue weighted by molar-refractivity contribution is 0.0596. The number of aliphatic hydroxyl groups is 1. The molecule has 1 fully saturated rings. The minimum atomic E-state index is -0.0648. The summed E-state index contributed by atoms with van der Waals surface area (Å²) in [4.78, 5) is 0. The maximum atomic E-state index is 8.85. The summed E-state index contributed by atoms with van der Waals surface area (Å²) >= 11 is 0. The highest BCUT2D eigenvalue weighted by Crippen LogP contribution is 2.05. The van der Waals surface area contributed by atoms with Crippen LogP contribution >= 0.6 is 0 Å². The largest absolute Gasteiger partial charge is 0.390 e. The quantitative estimate of drug-likeness (QED) is 0.476. The van der Waals surface area contributed by atoms with Gasteiger partial charge in [-0.15, -0.1) is 0 Å². The first-order valence-corrected chi connectivity index (χ1v) is 2.76. The summed E-state index contributed by atoms with van der Waals surface area (Å²) in [6, 6.07) is 0.389. The maximum absolute atomic E-state index is 8.85. The van der Waals surface area contributed by atoms with Gasteiger partial charge < -0.3 is 10.4 Å². The summed E-state index contributed by atoms with van der Waals surface area (Å²) in [5.41, 5.74) is 0. The Morgan fingerprint density at radius 2 is 2.57 bits per heavy atom. The zero-order valence-electron chi connectivity index (χ0n) is 4.52. The second-order valence-electron chi connectivity index (χ2n) is 1.99. The lowest BCUT2D eigenvalue weighted by atomic mass is 10.0. The fraction of sp³-hybridized carbons (Fsp3) is 1.00. The summed E-state index contributed by atoms with van der Waals surface area (Å²) in [6.45, 7) is 2.86. The third-order valence-electron chi connectivity index (χ3n) is 1.49. The second kappa shape index (κ2) is 1.80. The van der Waals surface area contributed by atoms with Crippen LogP contribution in [0, 0.1) is 0 Å². The van der Waals surface area contributed by atoms with E-state index in [0.717, 1.165) is 13.0 Å². The van der Waals surface area contributed by atoms with E-state index in [4.69, 9.17) is 5.11 Å². The number of β-amino-alcohol motifs (C(OH)–C–C–N with tert-alkyl or cyclic N) is 1. The Bertz CT molecular complexity index is 63.1. The Labute approximate surface area is 43.5 Å². The third kappa shape index (κ3) is 0.763. The Balaban J connectivity index is 2.16. The second-order valence-corrected chi connectivity index (χ2v) is 1.99. The van der Waals surface area contributed by atoms with E-state index >= 15 is 0 Å². The fourth-order valence-electron chi connectivity index (χ4n) is 0.806. The van der Waals surface area contributed by atoms with Crippen molar-refractivity contribution >= 4 is 0 Å². The number of nitrogens with one attached hydrogen (secondary N) is 1. The van der Waals surface area contributed by atoms with Gasteiger partial charge >= 0.3 is 0 Å². The molecule has 0 saturated carbocycles. The molecule has 1 aliphatic rings. The minimum absolute atomic E-state index is 0.0648. The highest BCUT2D eigenvalue weighted by molar-refractivity contribution is 4.85. The molecule has 1 heterocycles. The Morgan fingerprint density at radius 3 is 2.57 bits per heavy atom. The zero-order chi connectivity index (χ0) is 5.28. The van der Waals surface area contributed by atoms with Gasteiger partial charge in [0.15, 0.2) is 0 Å². The molecule has 1 aliphatic heterocycles. The van der Waals surface area contributed by atoms with Gasteiger partial charge in [-0.2, -0.15) is 0 Å². The van der Waals surface area contributed by atoms with Gasteiger partial charge in [0.25, 0.3) is 0 Å². The summed E-state index contributed by atoms with van der Waals surface area (Å²) in [5, 5.41) is 11.9. The van der Waals surface area contributed by atoms with Crippen LogP contribution in [-0.4, -0.2) is 23.8 Å². The van der Waals surface area contributed by atoms with Crippen molar-refractivity contribution in [3.8, 4) is 0 Å². The number of rotatable bonds is 1. The molecule has 0 aromatic heterocycles. The van der Waals surface area contributed by atoms with Crippen LogP contribution in [-0.2, 0) is 0 Å². The maximum Gasteiger partial charge on any atom is 0.0817 e. The normalized spacial score (nSPS) is 40.3. The van der Waals surface area contributed by atoms with Crippen molar-refractivity contribution in [1.29, 1.82) is 0 Å². The van der Waals surface area contributed by atoms with Gasteiger partial charge in [-0.05, 0) is 6.42 Å². The molecule has 2 atom stereocenters. The lowest BCUT2D eigenvalue weighted by Crippen LogP contribution is -2.56. The van der Waals surface area contributed by atoms with E-state index in [2.05, 4.69) is 12.2 Å². The molecular formula is C5H11NO. The number of hydrogen-bond acceptors (Lipinski definition) is 2. The van der Waals surface area contributed by atoms with Crippen LogP contribution in [0.1, 0.15) is 13.3 Å². The van der Waals surface area contributed by atoms with Crippen LogP contribution in [0.15, 0.2) is 0 Å². The molecule has 0 unspecified atom stereocenters. The van der Waals surface area contributed by atoms with Gasteiger partial charge in [0.1, 0.15) is 0 Å². The van der Waals surface area contributed by atoms with Crippen molar-refractivity contribution in [3.63, 3.8) is 0 Å². The zero-order valence-corrected chi connectivity index (χ0v) is 4.52. The molecule has 2 N–H and O–H groups in total. The van der Waals surface area contributed by atoms with E-state index in [1.54, 1.807) is 0 Å². The molecule has 1 rings (SSSR count). The van der Waals surface area contributed by atoms with Crippen LogP contribution in [0.5, 0.6) is 0 Å². The SMILES string of the molecule is CC[C@@H]1NC[C@@H]1O. The number of aliphatic hydroxyl groups excluding tert-OH is 1. The van der Waals surface area contributed by atoms with Gasteiger partial charge in [0.05, 0.1) is 6.10 Å². The van der Waals surface area contributed by atoms with Crippen molar-refractivity contribution in [3.05, 3.63) is 0 Å². The Morgan fingerprint density at radius 1 is 1.86 bits per heavy atom. The lowest BCUT2D eigenvalue weighted by Gasteiger charge is -2.32. The monoisotopic (exact) mass is 101 g/mol. The summed E-state index contributed by atoms with van der Waals surface area (Å²) in [5.74, 6) is 0. The molecule has 0 aromatic rings. The fourth-order valence-corrected chi connectivity index (χ4v) is 0.806. The van der Waals surface area contributed by atoms with Gasteiger partial charge in [-0.1, -0.05) is 6.92 Å². The first-order chi connectivity index (χ1) is 3.34. The Hall–Kier alpha value is -0.0800. The smallest absolute Gasteiger partial charge is 0.0817 e. The van der Waals surface area contributed by atoms with Gasteiger partial charge in [-0.25, -0.2) is 0 Å². The molecule has 42 valence electrons. The molecule has 2 nitrogen and oxygen atoms in total. The average Bonchev–Trinajstić information content (AvgIpc) is 1.65. The predicted molar refractivity (Wildman–Crippen MR) is 28.1 cm³/mol. The van der Waals surface area contributed by atoms with E-state index < -0.39 is 0 Å². The van der Waals surface area contributed by atoms with Crippen LogP contribution in [0.3, 0.4) is 0 Å². The first-order valence-electron chi connectivity index (χ1n) is 2.76. The van der Waals surface area contributed by atoms with Crippen LogP contribution in [0.25, 0.3) is 0 Å². The van der Waals surface area contributed by atoms with Crippen molar-refractivity contribution < 1.29 is 5.11 Å². The molecule has 1 saturated heterocycles. The number of hydrogen-bond donors (Lipinski definition) is 2. The minimum Gasteiger partial charge on any atom is -0.390 e. The Kier molecular flexibility index (Phi) is 1.30. The molecule has 0 aliphatic carbocycles. The highest BCUT2D eigenvalue weighted by atomic mass is 16.3. The molecular weight excluding hydrogens is 90.1 g/mol. The van der Waals surface area contributed by atoms with E-state index in [0.29, 0.717) is 6.04 Å². The molecule has 0 radical (unpaired) electrons. The van der Waals surface area contributed by atoms with Crippen molar-refractivity contribution in [2.24, 2.45) is 0 Å². The average molecular weight is 101 g/mol. The summed E-state index contributed by atoms with van der Waals surface area (Å²) in [6.07, 6.45) is 0.978. The first kappa shape index (κ1) is 5.06. The van der Waals surface area contributed by atoms with Gasteiger partial charge in [-0.3, -0.25) is 0 Å². The predicted octanol–water partition coefficient (Wildman–Crippen LogP) is -0.271. The van der Waals surface area contributed by atoms with Crippen molar-refractivity contribution in [2.75, 3.05) is 6.54 Å². The van der Waals surface area contributed by atoms with Crippen molar-refractivity contribution in [2.45, 2.75) is 25.5 Å². The van der Waals surface area contributed by atoms with E-state index in [1.165, 1.54) is 0 Å². The molecule has 0 aromatic carbocycles. The van der Waals surface area contributed by atoms with Gasteiger partial charge in [0, 0.05) is 12.6 Å². The molecule has 2 heteroatoms. The van der Waals surface area contributed by atoms with E-state index in [9.17, 15) is 0 Å². The molecule has 0 bridgehead atoms. The molecule has 0 amide bonds. The molecule has 7 heavy (non-hydrogen) atoms. The van der Waals surface area contributed by atoms with Crippen molar-refractivity contribution in [1.82, 2.24) is 5.32 Å².